The van der Waals surface area contributed by atoms with Gasteiger partial charge in [0.05, 0.1) is 6.61 Å². The number of ether oxygens (including phenoxy) is 1. The molecule has 0 bridgehead atoms. The van der Waals surface area contributed by atoms with E-state index in [1.54, 1.807) is 0 Å². The summed E-state index contributed by atoms with van der Waals surface area (Å²) in [5.74, 6) is -1.45. The summed E-state index contributed by atoms with van der Waals surface area (Å²) in [6.45, 7) is 4.08. The zero-order valence-corrected chi connectivity index (χ0v) is 6.76. The zero-order chi connectivity index (χ0) is 8.04. The quantitative estimate of drug-likeness (QED) is 0.447. The van der Waals surface area contributed by atoms with E-state index >= 15 is 0 Å². The van der Waals surface area contributed by atoms with Crippen molar-refractivity contribution in [3.8, 4) is 0 Å². The fourth-order valence-electron chi connectivity index (χ4n) is 0.631. The molecular weight excluding hydrogens is 130 g/mol. The Hall–Kier alpha value is -0.120. The molecule has 0 spiro atoms. The molecule has 0 aromatic carbocycles. The molecule has 0 radical (unpaired) electrons. The number of hydrogen-bond acceptors (Lipinski definition) is 3. The molecule has 0 saturated heterocycles. The second-order valence-electron chi connectivity index (χ2n) is 2.61. The van der Waals surface area contributed by atoms with E-state index in [1.807, 2.05) is 0 Å². The first-order chi connectivity index (χ1) is 4.56. The summed E-state index contributed by atoms with van der Waals surface area (Å²) in [6.07, 6.45) is 3.23. The van der Waals surface area contributed by atoms with Crippen LogP contribution in [0.15, 0.2) is 0 Å². The Labute approximate surface area is 62.2 Å². The molecule has 0 aromatic heterocycles. The third-order valence-electron chi connectivity index (χ3n) is 1.14. The van der Waals surface area contributed by atoms with E-state index in [2.05, 4.69) is 6.92 Å². The number of nitrogens with two attached hydrogens (primary N) is 1. The van der Waals surface area contributed by atoms with E-state index in [0.29, 0.717) is 6.61 Å². The molecular formula is C7H17NO2. The molecule has 0 saturated carbocycles. The largest absolute Gasteiger partial charge is 0.354 e. The minimum absolute atomic E-state index is 0.539. The molecule has 0 fully saturated rings. The molecule has 3 nitrogen and oxygen atoms in total. The third-order valence-corrected chi connectivity index (χ3v) is 1.14. The SMILES string of the molecule is CCCCCOC(C)(N)O. The highest BCUT2D eigenvalue weighted by molar-refractivity contribution is 4.45. The predicted octanol–water partition coefficient (Wildman–Crippen LogP) is 0.818. The van der Waals surface area contributed by atoms with E-state index in [4.69, 9.17) is 15.6 Å². The van der Waals surface area contributed by atoms with Crippen molar-refractivity contribution in [1.29, 1.82) is 0 Å². The maximum Gasteiger partial charge on any atom is 0.219 e. The highest BCUT2D eigenvalue weighted by Crippen LogP contribution is 1.99. The van der Waals surface area contributed by atoms with Crippen LogP contribution in [0.1, 0.15) is 33.1 Å². The molecule has 3 N–H and O–H groups in total. The zero-order valence-electron chi connectivity index (χ0n) is 6.76. The summed E-state index contributed by atoms with van der Waals surface area (Å²) in [5.41, 5.74) is 5.15. The van der Waals surface area contributed by atoms with Crippen LogP contribution >= 0.6 is 0 Å². The first-order valence-corrected chi connectivity index (χ1v) is 3.71. The van der Waals surface area contributed by atoms with E-state index in [9.17, 15) is 0 Å². The molecule has 0 amide bonds. The van der Waals surface area contributed by atoms with Crippen molar-refractivity contribution in [2.75, 3.05) is 6.61 Å². The fourth-order valence-corrected chi connectivity index (χ4v) is 0.631. The molecule has 0 aromatic rings. The highest BCUT2D eigenvalue weighted by atomic mass is 16.6. The molecule has 3 heteroatoms. The van der Waals surface area contributed by atoms with Crippen molar-refractivity contribution in [3.63, 3.8) is 0 Å². The van der Waals surface area contributed by atoms with Crippen molar-refractivity contribution >= 4 is 0 Å². The summed E-state index contributed by atoms with van der Waals surface area (Å²) in [6, 6.07) is 0. The second kappa shape index (κ2) is 4.66. The van der Waals surface area contributed by atoms with Crippen molar-refractivity contribution in [2.45, 2.75) is 39.0 Å². The second-order valence-corrected chi connectivity index (χ2v) is 2.61. The van der Waals surface area contributed by atoms with Crippen LogP contribution in [0, 0.1) is 0 Å². The van der Waals surface area contributed by atoms with Gasteiger partial charge < -0.3 is 9.84 Å². The van der Waals surface area contributed by atoms with Gasteiger partial charge in [-0.05, 0) is 6.42 Å². The van der Waals surface area contributed by atoms with Crippen molar-refractivity contribution in [1.82, 2.24) is 0 Å². The van der Waals surface area contributed by atoms with E-state index in [0.717, 1.165) is 19.3 Å². The highest BCUT2D eigenvalue weighted by Gasteiger charge is 2.11. The van der Waals surface area contributed by atoms with Gasteiger partial charge in [0, 0.05) is 6.92 Å². The first kappa shape index (κ1) is 9.88. The monoisotopic (exact) mass is 147 g/mol. The van der Waals surface area contributed by atoms with E-state index < -0.39 is 5.91 Å². The normalized spacial score (nSPS) is 16.8. The summed E-state index contributed by atoms with van der Waals surface area (Å²) in [5, 5.41) is 8.87. The Morgan fingerprint density at radius 3 is 2.50 bits per heavy atom. The molecule has 1 unspecified atom stereocenters. The van der Waals surface area contributed by atoms with Gasteiger partial charge in [-0.25, -0.2) is 0 Å². The topological polar surface area (TPSA) is 55.5 Å². The molecule has 0 aliphatic heterocycles. The average molecular weight is 147 g/mol. The Morgan fingerprint density at radius 2 is 2.10 bits per heavy atom. The summed E-state index contributed by atoms with van der Waals surface area (Å²) < 4.78 is 4.86. The Morgan fingerprint density at radius 1 is 1.50 bits per heavy atom. The molecule has 0 rings (SSSR count). The van der Waals surface area contributed by atoms with Gasteiger partial charge in [0.1, 0.15) is 0 Å². The molecule has 62 valence electrons. The lowest BCUT2D eigenvalue weighted by Gasteiger charge is -2.17. The van der Waals surface area contributed by atoms with Crippen molar-refractivity contribution in [2.24, 2.45) is 5.73 Å². The Bertz CT molecular complexity index is 78.2. The lowest BCUT2D eigenvalue weighted by molar-refractivity contribution is -0.185. The van der Waals surface area contributed by atoms with E-state index in [1.165, 1.54) is 6.92 Å². The molecule has 0 heterocycles. The van der Waals surface area contributed by atoms with Crippen LogP contribution in [0.5, 0.6) is 0 Å². The van der Waals surface area contributed by atoms with Crippen LogP contribution in [0.3, 0.4) is 0 Å². The van der Waals surface area contributed by atoms with Crippen LogP contribution in [-0.2, 0) is 4.74 Å². The molecule has 0 aliphatic rings. The maximum atomic E-state index is 8.87. The van der Waals surface area contributed by atoms with Crippen LogP contribution in [0.2, 0.25) is 0 Å². The van der Waals surface area contributed by atoms with Gasteiger partial charge in [-0.3, -0.25) is 5.73 Å². The number of aliphatic hydroxyl groups is 1. The third kappa shape index (κ3) is 7.88. The van der Waals surface area contributed by atoms with Gasteiger partial charge in [-0.1, -0.05) is 19.8 Å². The number of hydrogen-bond donors (Lipinski definition) is 2. The first-order valence-electron chi connectivity index (χ1n) is 3.71. The van der Waals surface area contributed by atoms with Crippen LogP contribution in [0.4, 0.5) is 0 Å². The van der Waals surface area contributed by atoms with Gasteiger partial charge in [0.15, 0.2) is 0 Å². The van der Waals surface area contributed by atoms with Gasteiger partial charge >= 0.3 is 0 Å². The number of rotatable bonds is 5. The molecule has 0 aliphatic carbocycles. The summed E-state index contributed by atoms with van der Waals surface area (Å²) in [4.78, 5) is 0. The Balaban J connectivity index is 3.04. The predicted molar refractivity (Wildman–Crippen MR) is 40.3 cm³/mol. The van der Waals surface area contributed by atoms with Crippen LogP contribution < -0.4 is 5.73 Å². The summed E-state index contributed by atoms with van der Waals surface area (Å²) >= 11 is 0. The lowest BCUT2D eigenvalue weighted by Crippen LogP contribution is -2.39. The van der Waals surface area contributed by atoms with Gasteiger partial charge in [0.25, 0.3) is 0 Å². The van der Waals surface area contributed by atoms with Crippen molar-refractivity contribution < 1.29 is 9.84 Å². The van der Waals surface area contributed by atoms with Crippen LogP contribution in [0.25, 0.3) is 0 Å². The fraction of sp³-hybridized carbons (Fsp3) is 1.00. The van der Waals surface area contributed by atoms with Crippen LogP contribution in [-0.4, -0.2) is 17.6 Å². The molecule has 10 heavy (non-hydrogen) atoms. The average Bonchev–Trinajstić information content (AvgIpc) is 1.78. The molecule has 1 atom stereocenters. The summed E-state index contributed by atoms with van der Waals surface area (Å²) in [7, 11) is 0. The van der Waals surface area contributed by atoms with E-state index in [-0.39, 0.29) is 0 Å². The minimum atomic E-state index is -1.45. The van der Waals surface area contributed by atoms with Gasteiger partial charge in [0.2, 0.25) is 5.91 Å². The maximum absolute atomic E-state index is 8.87. The standard InChI is InChI=1S/C7H17NO2/c1-3-4-5-6-10-7(2,8)9/h9H,3-6,8H2,1-2H3. The van der Waals surface area contributed by atoms with Gasteiger partial charge in [-0.2, -0.15) is 0 Å². The smallest absolute Gasteiger partial charge is 0.219 e. The Kier molecular flexibility index (Phi) is 4.60. The lowest BCUT2D eigenvalue weighted by atomic mass is 10.3. The number of unbranched alkanes of at least 4 members (excludes halogenated alkanes) is 2. The van der Waals surface area contributed by atoms with Crippen molar-refractivity contribution in [3.05, 3.63) is 0 Å². The minimum Gasteiger partial charge on any atom is -0.354 e. The van der Waals surface area contributed by atoms with Gasteiger partial charge in [-0.15, -0.1) is 0 Å².